The Balaban J connectivity index is 1.29. The Labute approximate surface area is 214 Å². The smallest absolute Gasteiger partial charge is 0.260 e. The second-order valence-corrected chi connectivity index (χ2v) is 10.9. The maximum absolute atomic E-state index is 14.1. The number of aliphatic hydroxyl groups excluding tert-OH is 1. The standard InChI is InChI=1S/C27H32N8O2/c36-20-6-4-19(5-7-20)35-25-23(13-29-27(32-25)28-12-17-1-2-17)21-8-3-18(11-22(21)26(35)37)14-33-9-10-34-24(15-33)30-16-31-34/h3,8,11,13,16-17,19-20,36H,1-2,4-7,9-10,12,14-15H2,(H,28,29,32). The maximum atomic E-state index is 14.1. The number of aliphatic hydroxyl groups is 1. The third kappa shape index (κ3) is 4.38. The van der Waals surface area contributed by atoms with Gasteiger partial charge in [0, 0.05) is 42.6 Å². The van der Waals surface area contributed by atoms with Crippen LogP contribution in [0.4, 0.5) is 5.95 Å². The molecular weight excluding hydrogens is 468 g/mol. The molecule has 4 aromatic rings. The Bertz CT molecular complexity index is 1520. The van der Waals surface area contributed by atoms with E-state index in [-0.39, 0.29) is 17.7 Å². The Hall–Kier alpha value is -3.37. The second kappa shape index (κ2) is 9.18. The van der Waals surface area contributed by atoms with Crippen LogP contribution in [0.15, 0.2) is 35.5 Å². The first-order valence-electron chi connectivity index (χ1n) is 13.5. The van der Waals surface area contributed by atoms with Crippen molar-refractivity contribution in [1.82, 2.24) is 34.2 Å². The van der Waals surface area contributed by atoms with Crippen molar-refractivity contribution in [3.05, 3.63) is 52.5 Å². The van der Waals surface area contributed by atoms with Crippen LogP contribution >= 0.6 is 0 Å². The van der Waals surface area contributed by atoms with Crippen LogP contribution in [0.25, 0.3) is 21.8 Å². The van der Waals surface area contributed by atoms with Crippen LogP contribution in [-0.2, 0) is 19.6 Å². The van der Waals surface area contributed by atoms with Crippen molar-refractivity contribution in [3.63, 3.8) is 0 Å². The molecule has 37 heavy (non-hydrogen) atoms. The lowest BCUT2D eigenvalue weighted by Gasteiger charge is -2.28. The van der Waals surface area contributed by atoms with Gasteiger partial charge in [0.2, 0.25) is 5.95 Å². The molecule has 0 saturated heterocycles. The fraction of sp³-hybridized carbons (Fsp3) is 0.519. The van der Waals surface area contributed by atoms with Gasteiger partial charge in [-0.2, -0.15) is 10.1 Å². The Morgan fingerprint density at radius 3 is 2.70 bits per heavy atom. The van der Waals surface area contributed by atoms with E-state index in [1.54, 1.807) is 6.33 Å². The van der Waals surface area contributed by atoms with Crippen LogP contribution < -0.4 is 10.9 Å². The van der Waals surface area contributed by atoms with Gasteiger partial charge in [0.1, 0.15) is 17.8 Å². The van der Waals surface area contributed by atoms with Gasteiger partial charge < -0.3 is 10.4 Å². The highest BCUT2D eigenvalue weighted by Crippen LogP contribution is 2.33. The van der Waals surface area contributed by atoms with Crippen molar-refractivity contribution in [2.45, 2.75) is 70.3 Å². The highest BCUT2D eigenvalue weighted by atomic mass is 16.3. The third-order valence-electron chi connectivity index (χ3n) is 8.19. The topological polar surface area (TPSA) is 114 Å². The quantitative estimate of drug-likeness (QED) is 0.389. The number of pyridine rings is 1. The number of hydrogen-bond acceptors (Lipinski definition) is 8. The summed E-state index contributed by atoms with van der Waals surface area (Å²) in [6.45, 7) is 4.08. The first kappa shape index (κ1) is 22.8. The van der Waals surface area contributed by atoms with E-state index in [4.69, 9.17) is 4.98 Å². The summed E-state index contributed by atoms with van der Waals surface area (Å²) < 4.78 is 3.84. The van der Waals surface area contributed by atoms with E-state index >= 15 is 0 Å². The molecule has 2 N–H and O–H groups in total. The molecule has 10 nitrogen and oxygen atoms in total. The van der Waals surface area contributed by atoms with Gasteiger partial charge in [0.25, 0.3) is 5.56 Å². The largest absolute Gasteiger partial charge is 0.393 e. The molecule has 2 saturated carbocycles. The van der Waals surface area contributed by atoms with Crippen LogP contribution in [-0.4, -0.2) is 58.5 Å². The zero-order valence-electron chi connectivity index (χ0n) is 20.9. The zero-order valence-corrected chi connectivity index (χ0v) is 20.9. The lowest BCUT2D eigenvalue weighted by molar-refractivity contribution is 0.111. The Morgan fingerprint density at radius 1 is 1.00 bits per heavy atom. The van der Waals surface area contributed by atoms with E-state index < -0.39 is 0 Å². The average Bonchev–Trinajstić information content (AvgIpc) is 3.63. The molecule has 2 fully saturated rings. The van der Waals surface area contributed by atoms with Crippen molar-refractivity contribution < 1.29 is 5.11 Å². The Kier molecular flexibility index (Phi) is 5.66. The molecule has 4 heterocycles. The minimum absolute atomic E-state index is 0.00373. The lowest BCUT2D eigenvalue weighted by atomic mass is 9.92. The number of nitrogens with zero attached hydrogens (tertiary/aromatic N) is 7. The van der Waals surface area contributed by atoms with E-state index in [2.05, 4.69) is 37.4 Å². The van der Waals surface area contributed by atoms with Crippen molar-refractivity contribution in [2.24, 2.45) is 5.92 Å². The number of anilines is 1. The first-order chi connectivity index (χ1) is 18.1. The number of hydrogen-bond donors (Lipinski definition) is 2. The third-order valence-corrected chi connectivity index (χ3v) is 8.19. The number of fused-ring (bicyclic) bond motifs is 4. The van der Waals surface area contributed by atoms with Gasteiger partial charge in [-0.25, -0.2) is 14.6 Å². The predicted octanol–water partition coefficient (Wildman–Crippen LogP) is 2.85. The number of benzene rings is 1. The van der Waals surface area contributed by atoms with E-state index in [1.807, 2.05) is 21.5 Å². The minimum atomic E-state index is -0.286. The minimum Gasteiger partial charge on any atom is -0.393 e. The molecule has 0 amide bonds. The normalized spacial score (nSPS) is 22.4. The molecule has 0 bridgehead atoms. The molecule has 7 rings (SSSR count). The summed E-state index contributed by atoms with van der Waals surface area (Å²) in [5.41, 5.74) is 1.79. The average molecular weight is 501 g/mol. The van der Waals surface area contributed by atoms with Crippen molar-refractivity contribution >= 4 is 27.8 Å². The SMILES string of the molecule is O=c1c2cc(CN3CCn4ncnc4C3)ccc2c2cnc(NCC3CC3)nc2n1C1CCC(O)CC1. The molecule has 2 aliphatic carbocycles. The molecule has 0 radical (unpaired) electrons. The molecule has 192 valence electrons. The monoisotopic (exact) mass is 500 g/mol. The van der Waals surface area contributed by atoms with Gasteiger partial charge >= 0.3 is 0 Å². The molecule has 10 heteroatoms. The first-order valence-corrected chi connectivity index (χ1v) is 13.5. The summed E-state index contributed by atoms with van der Waals surface area (Å²) in [5, 5.41) is 20.2. The fourth-order valence-electron chi connectivity index (χ4n) is 5.88. The van der Waals surface area contributed by atoms with Crippen LogP contribution in [0.1, 0.15) is 56.0 Å². The molecule has 1 aromatic carbocycles. The number of rotatable bonds is 6. The summed E-state index contributed by atoms with van der Waals surface area (Å²) in [5.74, 6) is 2.26. The summed E-state index contributed by atoms with van der Waals surface area (Å²) in [6.07, 6.45) is 8.63. The van der Waals surface area contributed by atoms with Gasteiger partial charge in [-0.1, -0.05) is 12.1 Å². The summed E-state index contributed by atoms with van der Waals surface area (Å²) in [4.78, 5) is 30.3. The highest BCUT2D eigenvalue weighted by Gasteiger charge is 2.26. The van der Waals surface area contributed by atoms with Gasteiger partial charge in [-0.3, -0.25) is 14.3 Å². The molecule has 0 spiro atoms. The molecule has 3 aromatic heterocycles. The van der Waals surface area contributed by atoms with Crippen molar-refractivity contribution in [1.29, 1.82) is 0 Å². The number of aromatic nitrogens is 6. The van der Waals surface area contributed by atoms with Crippen molar-refractivity contribution in [3.8, 4) is 0 Å². The number of nitrogens with one attached hydrogen (secondary N) is 1. The zero-order chi connectivity index (χ0) is 24.9. The van der Waals surface area contributed by atoms with Gasteiger partial charge in [-0.05, 0) is 61.5 Å². The van der Waals surface area contributed by atoms with Crippen LogP contribution in [0.3, 0.4) is 0 Å². The highest BCUT2D eigenvalue weighted by molar-refractivity contribution is 6.04. The van der Waals surface area contributed by atoms with E-state index in [9.17, 15) is 9.90 Å². The Morgan fingerprint density at radius 2 is 1.86 bits per heavy atom. The van der Waals surface area contributed by atoms with Crippen LogP contribution in [0, 0.1) is 5.92 Å². The molecular formula is C27H32N8O2. The molecule has 0 atom stereocenters. The maximum Gasteiger partial charge on any atom is 0.260 e. The second-order valence-electron chi connectivity index (χ2n) is 10.9. The van der Waals surface area contributed by atoms with E-state index in [1.165, 1.54) is 12.8 Å². The van der Waals surface area contributed by atoms with Gasteiger partial charge in [0.05, 0.1) is 19.2 Å². The summed E-state index contributed by atoms with van der Waals surface area (Å²) in [6, 6.07) is 6.23. The summed E-state index contributed by atoms with van der Waals surface area (Å²) >= 11 is 0. The molecule has 3 aliphatic rings. The van der Waals surface area contributed by atoms with E-state index in [0.717, 1.165) is 67.7 Å². The van der Waals surface area contributed by atoms with Crippen LogP contribution in [0.5, 0.6) is 0 Å². The van der Waals surface area contributed by atoms with Crippen molar-refractivity contribution in [2.75, 3.05) is 18.4 Å². The molecule has 0 unspecified atom stereocenters. The summed E-state index contributed by atoms with van der Waals surface area (Å²) in [7, 11) is 0. The predicted molar refractivity (Wildman–Crippen MR) is 140 cm³/mol. The lowest BCUT2D eigenvalue weighted by Crippen LogP contribution is -2.34. The van der Waals surface area contributed by atoms with E-state index in [0.29, 0.717) is 35.7 Å². The van der Waals surface area contributed by atoms with Gasteiger partial charge in [-0.15, -0.1) is 0 Å². The fourth-order valence-corrected chi connectivity index (χ4v) is 5.88. The van der Waals surface area contributed by atoms with Gasteiger partial charge in [0.15, 0.2) is 0 Å². The van der Waals surface area contributed by atoms with Crippen LogP contribution in [0.2, 0.25) is 0 Å². The molecule has 1 aliphatic heterocycles.